The smallest absolute Gasteiger partial charge is 0.260 e. The molecule has 1 saturated heterocycles. The summed E-state index contributed by atoms with van der Waals surface area (Å²) < 4.78 is 6.49. The molecule has 0 aliphatic carbocycles. The molecule has 0 bridgehead atoms. The molecule has 1 heterocycles. The van der Waals surface area contributed by atoms with Crippen molar-refractivity contribution in [3.05, 3.63) is 28.7 Å². The minimum atomic E-state index is -0.0415. The lowest BCUT2D eigenvalue weighted by atomic mass is 10.2. The summed E-state index contributed by atoms with van der Waals surface area (Å²) in [5.41, 5.74) is 0. The van der Waals surface area contributed by atoms with E-state index in [4.69, 9.17) is 4.74 Å². The molecule has 1 aromatic carbocycles. The highest BCUT2D eigenvalue weighted by Crippen LogP contribution is 2.16. The predicted molar refractivity (Wildman–Crippen MR) is 96.0 cm³/mol. The van der Waals surface area contributed by atoms with Gasteiger partial charge in [-0.05, 0) is 44.3 Å². The summed E-state index contributed by atoms with van der Waals surface area (Å²) >= 11 is 3.36. The molecule has 2 rings (SSSR count). The highest BCUT2D eigenvalue weighted by Gasteiger charge is 2.23. The minimum Gasteiger partial charge on any atom is -0.484 e. The van der Waals surface area contributed by atoms with Gasteiger partial charge in [0.05, 0.1) is 0 Å². The van der Waals surface area contributed by atoms with E-state index in [1.807, 2.05) is 36.2 Å². The molecule has 1 fully saturated rings. The highest BCUT2D eigenvalue weighted by molar-refractivity contribution is 9.10. The molecule has 24 heavy (non-hydrogen) atoms. The molecule has 1 aliphatic heterocycles. The number of ether oxygens (including phenoxy) is 1. The molecular formula is C17H24BrN3O3. The van der Waals surface area contributed by atoms with E-state index >= 15 is 0 Å². The van der Waals surface area contributed by atoms with Gasteiger partial charge in [0.1, 0.15) is 5.75 Å². The molecule has 0 spiro atoms. The Labute approximate surface area is 151 Å². The molecule has 0 radical (unpaired) electrons. The second kappa shape index (κ2) is 9.64. The zero-order chi connectivity index (χ0) is 17.4. The van der Waals surface area contributed by atoms with E-state index in [0.717, 1.165) is 17.4 Å². The molecule has 1 N–H and O–H groups in total. The largest absolute Gasteiger partial charge is 0.484 e. The Morgan fingerprint density at radius 3 is 2.25 bits per heavy atom. The van der Waals surface area contributed by atoms with Crippen LogP contribution in [-0.2, 0) is 9.59 Å². The average Bonchev–Trinajstić information content (AvgIpc) is 2.61. The Morgan fingerprint density at radius 2 is 1.67 bits per heavy atom. The molecule has 0 unspecified atom stereocenters. The van der Waals surface area contributed by atoms with Crippen LogP contribution in [0.3, 0.4) is 0 Å². The molecule has 7 heteroatoms. The van der Waals surface area contributed by atoms with Crippen LogP contribution >= 0.6 is 15.9 Å². The number of carbonyl (C=O) groups excluding carboxylic acids is 2. The Kier molecular flexibility index (Phi) is 7.52. The van der Waals surface area contributed by atoms with Gasteiger partial charge < -0.3 is 19.9 Å². The maximum absolute atomic E-state index is 12.2. The van der Waals surface area contributed by atoms with Crippen LogP contribution in [0.15, 0.2) is 28.7 Å². The normalized spacial score (nSPS) is 14.6. The van der Waals surface area contributed by atoms with E-state index in [1.165, 1.54) is 0 Å². The van der Waals surface area contributed by atoms with Crippen LogP contribution in [0, 0.1) is 0 Å². The molecule has 0 aromatic heterocycles. The Balaban J connectivity index is 1.70. The van der Waals surface area contributed by atoms with Gasteiger partial charge in [-0.25, -0.2) is 0 Å². The molecule has 132 valence electrons. The number of carbonyl (C=O) groups is 2. The zero-order valence-electron chi connectivity index (χ0n) is 14.0. The fourth-order valence-corrected chi connectivity index (χ4v) is 2.81. The lowest BCUT2D eigenvalue weighted by Crippen LogP contribution is -2.51. The van der Waals surface area contributed by atoms with Crippen LogP contribution in [0.25, 0.3) is 0 Å². The second-order valence-corrected chi connectivity index (χ2v) is 6.63. The van der Waals surface area contributed by atoms with Crippen molar-refractivity contribution in [2.75, 3.05) is 46.4 Å². The van der Waals surface area contributed by atoms with Crippen molar-refractivity contribution in [1.82, 2.24) is 15.1 Å². The number of piperazine rings is 1. The van der Waals surface area contributed by atoms with Gasteiger partial charge in [0.15, 0.2) is 6.61 Å². The van der Waals surface area contributed by atoms with Crippen molar-refractivity contribution in [3.63, 3.8) is 0 Å². The molecule has 1 aliphatic rings. The summed E-state index contributed by atoms with van der Waals surface area (Å²) in [6.07, 6.45) is 1.40. The lowest BCUT2D eigenvalue weighted by molar-refractivity contribution is -0.140. The van der Waals surface area contributed by atoms with Crippen LogP contribution in [0.2, 0.25) is 0 Å². The summed E-state index contributed by atoms with van der Waals surface area (Å²) in [5.74, 6) is 0.800. The average molecular weight is 398 g/mol. The lowest BCUT2D eigenvalue weighted by Gasteiger charge is -2.34. The maximum atomic E-state index is 12.2. The number of benzene rings is 1. The van der Waals surface area contributed by atoms with Gasteiger partial charge in [0.25, 0.3) is 5.91 Å². The van der Waals surface area contributed by atoms with Gasteiger partial charge in [-0.15, -0.1) is 0 Å². The van der Waals surface area contributed by atoms with Crippen molar-refractivity contribution in [2.24, 2.45) is 0 Å². The van der Waals surface area contributed by atoms with Crippen molar-refractivity contribution in [2.45, 2.75) is 12.8 Å². The summed E-state index contributed by atoms with van der Waals surface area (Å²) in [4.78, 5) is 27.9. The number of halogens is 1. The van der Waals surface area contributed by atoms with Crippen LogP contribution in [0.5, 0.6) is 5.75 Å². The Bertz CT molecular complexity index is 543. The summed E-state index contributed by atoms with van der Waals surface area (Å²) in [6.45, 7) is 3.21. The van der Waals surface area contributed by atoms with E-state index < -0.39 is 0 Å². The Hall–Kier alpha value is -1.60. The van der Waals surface area contributed by atoms with E-state index in [0.29, 0.717) is 38.3 Å². The summed E-state index contributed by atoms with van der Waals surface area (Å²) in [7, 11) is 1.88. The summed E-state index contributed by atoms with van der Waals surface area (Å²) in [6, 6.07) is 7.38. The van der Waals surface area contributed by atoms with Gasteiger partial charge in [0.2, 0.25) is 5.91 Å². The van der Waals surface area contributed by atoms with Crippen molar-refractivity contribution in [3.8, 4) is 5.75 Å². The van der Waals surface area contributed by atoms with Crippen LogP contribution in [-0.4, -0.2) is 68.0 Å². The first-order valence-electron chi connectivity index (χ1n) is 8.18. The van der Waals surface area contributed by atoms with Crippen LogP contribution < -0.4 is 10.1 Å². The first-order valence-corrected chi connectivity index (χ1v) is 8.98. The molecular weight excluding hydrogens is 374 g/mol. The third-order valence-corrected chi connectivity index (χ3v) is 4.51. The molecule has 0 atom stereocenters. The maximum Gasteiger partial charge on any atom is 0.260 e. The first-order chi connectivity index (χ1) is 11.6. The highest BCUT2D eigenvalue weighted by atomic mass is 79.9. The van der Waals surface area contributed by atoms with Crippen LogP contribution in [0.4, 0.5) is 0 Å². The van der Waals surface area contributed by atoms with Gasteiger partial charge in [-0.3, -0.25) is 9.59 Å². The number of hydrogen-bond acceptors (Lipinski definition) is 4. The van der Waals surface area contributed by atoms with Gasteiger partial charge in [0, 0.05) is 37.1 Å². The number of nitrogens with one attached hydrogen (secondary N) is 1. The van der Waals surface area contributed by atoms with E-state index in [2.05, 4.69) is 21.2 Å². The molecule has 0 saturated carbocycles. The molecule has 6 nitrogen and oxygen atoms in total. The minimum absolute atomic E-state index is 0.0255. The first kappa shape index (κ1) is 18.7. The van der Waals surface area contributed by atoms with E-state index in [-0.39, 0.29) is 18.4 Å². The number of amides is 2. The van der Waals surface area contributed by atoms with Crippen molar-refractivity contribution < 1.29 is 14.3 Å². The number of rotatable bonds is 7. The zero-order valence-corrected chi connectivity index (χ0v) is 15.5. The third-order valence-electron chi connectivity index (χ3n) is 3.98. The van der Waals surface area contributed by atoms with Crippen molar-refractivity contribution in [1.29, 1.82) is 0 Å². The van der Waals surface area contributed by atoms with E-state index in [9.17, 15) is 9.59 Å². The monoisotopic (exact) mass is 397 g/mol. The fraction of sp³-hybridized carbons (Fsp3) is 0.529. The Morgan fingerprint density at radius 1 is 1.08 bits per heavy atom. The van der Waals surface area contributed by atoms with Crippen LogP contribution in [0.1, 0.15) is 12.8 Å². The van der Waals surface area contributed by atoms with E-state index in [1.54, 1.807) is 4.90 Å². The third kappa shape index (κ3) is 5.79. The fourth-order valence-electron chi connectivity index (χ4n) is 2.55. The van der Waals surface area contributed by atoms with Crippen molar-refractivity contribution >= 4 is 27.7 Å². The molecule has 1 aromatic rings. The quantitative estimate of drug-likeness (QED) is 0.708. The predicted octanol–water partition coefficient (Wildman–Crippen LogP) is 1.50. The van der Waals surface area contributed by atoms with Gasteiger partial charge in [-0.2, -0.15) is 0 Å². The SMILES string of the molecule is CNCCCC(=O)N1CCN(C(=O)COc2ccc(Br)cc2)CC1. The second-order valence-electron chi connectivity index (χ2n) is 5.71. The summed E-state index contributed by atoms with van der Waals surface area (Å²) in [5, 5.41) is 3.04. The molecule has 2 amide bonds. The van der Waals surface area contributed by atoms with Gasteiger partial charge in [-0.1, -0.05) is 15.9 Å². The number of hydrogen-bond donors (Lipinski definition) is 1. The van der Waals surface area contributed by atoms with Gasteiger partial charge >= 0.3 is 0 Å². The number of nitrogens with zero attached hydrogens (tertiary/aromatic N) is 2. The topological polar surface area (TPSA) is 61.9 Å². The standard InChI is InChI=1S/C17H24BrN3O3/c1-19-8-2-3-16(22)20-9-11-21(12-10-20)17(23)13-24-15-6-4-14(18)5-7-15/h4-7,19H,2-3,8-13H2,1H3.